The Balaban J connectivity index is 1.59. The van der Waals surface area contributed by atoms with Crippen molar-refractivity contribution in [1.29, 1.82) is 0 Å². The van der Waals surface area contributed by atoms with Crippen molar-refractivity contribution in [3.8, 4) is 11.5 Å². The normalized spacial score (nSPS) is 19.1. The zero-order valence-corrected chi connectivity index (χ0v) is 20.3. The SMILES string of the molecule is CCCCOc1ccccc1C1Nc2ccccc2NC2=C1C(=O)CC(c1ccccc1OC)C2. The smallest absolute Gasteiger partial charge is 0.163 e. The van der Waals surface area contributed by atoms with Gasteiger partial charge in [0, 0.05) is 29.2 Å². The predicted molar refractivity (Wildman–Crippen MR) is 140 cm³/mol. The van der Waals surface area contributed by atoms with Crippen LogP contribution in [0, 0.1) is 0 Å². The van der Waals surface area contributed by atoms with Crippen molar-refractivity contribution in [2.45, 2.75) is 44.6 Å². The molecule has 0 bridgehead atoms. The first-order chi connectivity index (χ1) is 17.2. The number of hydrogen-bond donors (Lipinski definition) is 2. The van der Waals surface area contributed by atoms with E-state index in [1.807, 2.05) is 48.5 Å². The maximum absolute atomic E-state index is 13.9. The van der Waals surface area contributed by atoms with E-state index in [0.29, 0.717) is 13.0 Å². The van der Waals surface area contributed by atoms with E-state index in [9.17, 15) is 4.79 Å². The molecule has 2 aliphatic rings. The summed E-state index contributed by atoms with van der Waals surface area (Å²) in [5, 5.41) is 7.28. The Morgan fingerprint density at radius 1 is 0.857 bits per heavy atom. The standard InChI is InChI=1S/C30H32N2O3/c1-3-4-17-35-28-16-10-6-12-22(28)30-29-25(31-23-13-7-8-14-24(23)32-30)18-20(19-26(29)33)21-11-5-9-15-27(21)34-2/h5-16,20,30-32H,3-4,17-19H2,1-2H3. The van der Waals surface area contributed by atoms with Gasteiger partial charge in [0.15, 0.2) is 5.78 Å². The van der Waals surface area contributed by atoms with Gasteiger partial charge in [0.25, 0.3) is 0 Å². The van der Waals surface area contributed by atoms with E-state index >= 15 is 0 Å². The fourth-order valence-electron chi connectivity index (χ4n) is 5.13. The number of unbranched alkanes of at least 4 members (excludes halogenated alkanes) is 1. The van der Waals surface area contributed by atoms with Crippen LogP contribution in [0.1, 0.15) is 55.7 Å². The number of para-hydroxylation sites is 4. The van der Waals surface area contributed by atoms with Crippen molar-refractivity contribution in [2.24, 2.45) is 0 Å². The minimum atomic E-state index is -0.301. The minimum Gasteiger partial charge on any atom is -0.496 e. The molecular weight excluding hydrogens is 436 g/mol. The third kappa shape index (κ3) is 4.63. The molecule has 2 atom stereocenters. The number of Topliss-reactive ketones (excluding diaryl/α,β-unsaturated/α-hetero) is 1. The largest absolute Gasteiger partial charge is 0.496 e. The average molecular weight is 469 g/mol. The Kier molecular flexibility index (Phi) is 6.75. The number of benzene rings is 3. The highest BCUT2D eigenvalue weighted by atomic mass is 16.5. The van der Waals surface area contributed by atoms with Crippen LogP contribution in [0.25, 0.3) is 0 Å². The van der Waals surface area contributed by atoms with Crippen molar-refractivity contribution in [2.75, 3.05) is 24.4 Å². The molecule has 0 radical (unpaired) electrons. The lowest BCUT2D eigenvalue weighted by molar-refractivity contribution is -0.116. The molecule has 3 aromatic carbocycles. The van der Waals surface area contributed by atoms with Gasteiger partial charge >= 0.3 is 0 Å². The van der Waals surface area contributed by atoms with Gasteiger partial charge in [-0.3, -0.25) is 4.79 Å². The van der Waals surface area contributed by atoms with Gasteiger partial charge in [-0.05, 0) is 42.7 Å². The number of rotatable bonds is 7. The van der Waals surface area contributed by atoms with Gasteiger partial charge in [-0.15, -0.1) is 0 Å². The zero-order chi connectivity index (χ0) is 24.2. The zero-order valence-electron chi connectivity index (χ0n) is 20.3. The van der Waals surface area contributed by atoms with E-state index < -0.39 is 0 Å². The number of carbonyl (C=O) groups excluding carboxylic acids is 1. The summed E-state index contributed by atoms with van der Waals surface area (Å²) in [5.41, 5.74) is 5.75. The third-order valence-electron chi connectivity index (χ3n) is 6.87. The molecule has 2 unspecified atom stereocenters. The van der Waals surface area contributed by atoms with Gasteiger partial charge in [0.1, 0.15) is 11.5 Å². The maximum atomic E-state index is 13.9. The van der Waals surface area contributed by atoms with Gasteiger partial charge in [-0.25, -0.2) is 0 Å². The fraction of sp³-hybridized carbons (Fsp3) is 0.300. The van der Waals surface area contributed by atoms with Crippen molar-refractivity contribution < 1.29 is 14.3 Å². The fourth-order valence-corrected chi connectivity index (χ4v) is 5.13. The number of fused-ring (bicyclic) bond motifs is 1. The molecule has 3 aromatic rings. The van der Waals surface area contributed by atoms with Crippen molar-refractivity contribution >= 4 is 17.2 Å². The molecule has 0 saturated heterocycles. The molecule has 35 heavy (non-hydrogen) atoms. The number of ether oxygens (including phenoxy) is 2. The maximum Gasteiger partial charge on any atom is 0.163 e. The summed E-state index contributed by atoms with van der Waals surface area (Å²) in [4.78, 5) is 13.9. The molecule has 1 aliphatic heterocycles. The van der Waals surface area contributed by atoms with Gasteiger partial charge in [-0.2, -0.15) is 0 Å². The highest BCUT2D eigenvalue weighted by Gasteiger charge is 2.37. The Morgan fingerprint density at radius 3 is 2.31 bits per heavy atom. The summed E-state index contributed by atoms with van der Waals surface area (Å²) in [6, 6.07) is 23.9. The molecule has 5 nitrogen and oxygen atoms in total. The molecule has 1 aliphatic carbocycles. The molecule has 5 rings (SSSR count). The second-order valence-electron chi connectivity index (χ2n) is 9.15. The van der Waals surface area contributed by atoms with Crippen LogP contribution < -0.4 is 20.1 Å². The average Bonchev–Trinajstić information content (AvgIpc) is 3.06. The third-order valence-corrected chi connectivity index (χ3v) is 6.87. The molecule has 0 aromatic heterocycles. The van der Waals surface area contributed by atoms with E-state index in [1.165, 1.54) is 0 Å². The summed E-state index contributed by atoms with van der Waals surface area (Å²) >= 11 is 0. The second-order valence-corrected chi connectivity index (χ2v) is 9.15. The number of hydrogen-bond acceptors (Lipinski definition) is 5. The van der Waals surface area contributed by atoms with Crippen LogP contribution in [-0.2, 0) is 4.79 Å². The summed E-state index contributed by atoms with van der Waals surface area (Å²) in [5.74, 6) is 1.84. The second kappa shape index (κ2) is 10.3. The molecule has 0 saturated carbocycles. The van der Waals surface area contributed by atoms with Crippen molar-refractivity contribution in [3.63, 3.8) is 0 Å². The molecule has 0 spiro atoms. The molecule has 5 heteroatoms. The summed E-state index contributed by atoms with van der Waals surface area (Å²) < 4.78 is 11.8. The lowest BCUT2D eigenvalue weighted by Gasteiger charge is -2.31. The molecular formula is C30H32N2O3. The van der Waals surface area contributed by atoms with Gasteiger partial charge in [-0.1, -0.05) is 61.9 Å². The monoisotopic (exact) mass is 468 g/mol. The van der Waals surface area contributed by atoms with Crippen LogP contribution in [0.4, 0.5) is 11.4 Å². The van der Waals surface area contributed by atoms with Gasteiger partial charge < -0.3 is 20.1 Å². The van der Waals surface area contributed by atoms with Gasteiger partial charge in [0.05, 0.1) is 31.1 Å². The van der Waals surface area contributed by atoms with Crippen LogP contribution in [0.5, 0.6) is 11.5 Å². The van der Waals surface area contributed by atoms with Crippen LogP contribution >= 0.6 is 0 Å². The first-order valence-electron chi connectivity index (χ1n) is 12.4. The highest BCUT2D eigenvalue weighted by Crippen LogP contribution is 2.46. The predicted octanol–water partition coefficient (Wildman–Crippen LogP) is 6.85. The number of allylic oxidation sites excluding steroid dienone is 1. The van der Waals surface area contributed by atoms with Crippen LogP contribution in [0.3, 0.4) is 0 Å². The summed E-state index contributed by atoms with van der Waals surface area (Å²) in [6.07, 6.45) is 3.23. The first-order valence-corrected chi connectivity index (χ1v) is 12.4. The molecule has 1 heterocycles. The Morgan fingerprint density at radius 2 is 1.54 bits per heavy atom. The quantitative estimate of drug-likeness (QED) is 0.371. The molecule has 2 N–H and O–H groups in total. The van der Waals surface area contributed by atoms with E-state index in [2.05, 4.69) is 41.8 Å². The van der Waals surface area contributed by atoms with E-state index in [4.69, 9.17) is 9.47 Å². The van der Waals surface area contributed by atoms with Crippen LogP contribution in [0.2, 0.25) is 0 Å². The number of ketones is 1. The van der Waals surface area contributed by atoms with E-state index in [1.54, 1.807) is 7.11 Å². The number of nitrogens with one attached hydrogen (secondary N) is 2. The lowest BCUT2D eigenvalue weighted by Crippen LogP contribution is -2.27. The van der Waals surface area contributed by atoms with Gasteiger partial charge in [0.2, 0.25) is 0 Å². The Labute approximate surface area is 207 Å². The minimum absolute atomic E-state index is 0.0480. The van der Waals surface area contributed by atoms with E-state index in [0.717, 1.165) is 64.5 Å². The molecule has 0 amide bonds. The summed E-state index contributed by atoms with van der Waals surface area (Å²) in [7, 11) is 1.68. The van der Waals surface area contributed by atoms with Crippen molar-refractivity contribution in [1.82, 2.24) is 0 Å². The van der Waals surface area contributed by atoms with Crippen LogP contribution in [0.15, 0.2) is 84.1 Å². The van der Waals surface area contributed by atoms with E-state index in [-0.39, 0.29) is 17.7 Å². The highest BCUT2D eigenvalue weighted by molar-refractivity contribution is 6.01. The van der Waals surface area contributed by atoms with Crippen molar-refractivity contribution in [3.05, 3.63) is 95.2 Å². The first kappa shape index (κ1) is 23.0. The van der Waals surface area contributed by atoms with Crippen LogP contribution in [-0.4, -0.2) is 19.5 Å². The summed E-state index contributed by atoms with van der Waals surface area (Å²) in [6.45, 7) is 2.81. The molecule has 0 fully saturated rings. The Hall–Kier alpha value is -3.73. The topological polar surface area (TPSA) is 59.6 Å². The number of methoxy groups -OCH3 is 1. The number of carbonyl (C=O) groups is 1. The lowest BCUT2D eigenvalue weighted by atomic mass is 9.78. The molecule has 180 valence electrons. The number of anilines is 2. The Bertz CT molecular complexity index is 1250.